The van der Waals surface area contributed by atoms with E-state index in [4.69, 9.17) is 0 Å². The van der Waals surface area contributed by atoms with Crippen LogP contribution < -0.4 is 5.32 Å². The molecule has 1 fully saturated rings. The normalized spacial score (nSPS) is 18.3. The second kappa shape index (κ2) is 8.99. The van der Waals surface area contributed by atoms with Crippen LogP contribution in [-0.4, -0.2) is 36.3 Å². The zero-order valence-electron chi connectivity index (χ0n) is 15.2. The van der Waals surface area contributed by atoms with Gasteiger partial charge in [-0.2, -0.15) is 0 Å². The molecular formula is C21H26N2O2S. The Morgan fingerprint density at radius 3 is 2.73 bits per heavy atom. The number of amides is 2. The molecule has 5 heteroatoms. The standard InChI is InChI=1S/C21H26N2O2S/c1-2-16(17-8-4-3-5-9-17)14-22-20(24)18-10-6-12-23(15-18)21(25)19-11-7-13-26-19/h3-5,7-9,11,13,16,18H,2,6,10,12,14-15H2,1H3,(H,22,24)/t16-,18-/m1/s1. The van der Waals surface area contributed by atoms with Crippen molar-refractivity contribution < 1.29 is 9.59 Å². The van der Waals surface area contributed by atoms with E-state index in [1.54, 1.807) is 0 Å². The van der Waals surface area contributed by atoms with Gasteiger partial charge in [0.25, 0.3) is 5.91 Å². The van der Waals surface area contributed by atoms with Gasteiger partial charge in [0.1, 0.15) is 0 Å². The molecule has 0 spiro atoms. The lowest BCUT2D eigenvalue weighted by Crippen LogP contribution is -2.45. The minimum Gasteiger partial charge on any atom is -0.355 e. The zero-order chi connectivity index (χ0) is 18.4. The van der Waals surface area contributed by atoms with E-state index in [1.165, 1.54) is 16.9 Å². The number of thiophene rings is 1. The highest BCUT2D eigenvalue weighted by Gasteiger charge is 2.29. The molecule has 1 N–H and O–H groups in total. The fourth-order valence-electron chi connectivity index (χ4n) is 3.52. The summed E-state index contributed by atoms with van der Waals surface area (Å²) in [5, 5.41) is 5.03. The molecule has 0 bridgehead atoms. The van der Waals surface area contributed by atoms with E-state index in [0.29, 0.717) is 19.0 Å². The third-order valence-electron chi connectivity index (χ3n) is 5.10. The van der Waals surface area contributed by atoms with Gasteiger partial charge in [-0.05, 0) is 36.3 Å². The summed E-state index contributed by atoms with van der Waals surface area (Å²) in [5.74, 6) is 0.338. The molecule has 1 saturated heterocycles. The first-order valence-corrected chi connectivity index (χ1v) is 10.2. The minimum atomic E-state index is -0.110. The molecule has 1 aliphatic rings. The van der Waals surface area contributed by atoms with Crippen LogP contribution in [0.15, 0.2) is 47.8 Å². The van der Waals surface area contributed by atoms with E-state index >= 15 is 0 Å². The summed E-state index contributed by atoms with van der Waals surface area (Å²) in [4.78, 5) is 27.8. The summed E-state index contributed by atoms with van der Waals surface area (Å²) in [6.07, 6.45) is 2.71. The highest BCUT2D eigenvalue weighted by atomic mass is 32.1. The van der Waals surface area contributed by atoms with E-state index in [1.807, 2.05) is 40.6 Å². The van der Waals surface area contributed by atoms with Crippen LogP contribution in [0, 0.1) is 5.92 Å². The third-order valence-corrected chi connectivity index (χ3v) is 5.96. The Morgan fingerprint density at radius 2 is 2.04 bits per heavy atom. The molecule has 2 aromatic rings. The maximum atomic E-state index is 12.7. The second-order valence-electron chi connectivity index (χ2n) is 6.83. The summed E-state index contributed by atoms with van der Waals surface area (Å²) in [7, 11) is 0. The number of hydrogen-bond acceptors (Lipinski definition) is 3. The van der Waals surface area contributed by atoms with Crippen molar-refractivity contribution in [2.75, 3.05) is 19.6 Å². The van der Waals surface area contributed by atoms with E-state index < -0.39 is 0 Å². The molecule has 0 unspecified atom stereocenters. The number of nitrogens with one attached hydrogen (secondary N) is 1. The topological polar surface area (TPSA) is 49.4 Å². The van der Waals surface area contributed by atoms with Gasteiger partial charge in [0, 0.05) is 25.6 Å². The summed E-state index contributed by atoms with van der Waals surface area (Å²) in [6.45, 7) is 4.05. The van der Waals surface area contributed by atoms with Gasteiger partial charge in [-0.1, -0.05) is 43.3 Å². The van der Waals surface area contributed by atoms with Gasteiger partial charge in [-0.3, -0.25) is 9.59 Å². The number of piperidine rings is 1. The van der Waals surface area contributed by atoms with Crippen molar-refractivity contribution in [3.05, 3.63) is 58.3 Å². The van der Waals surface area contributed by atoms with E-state index in [2.05, 4.69) is 24.4 Å². The molecule has 0 radical (unpaired) electrons. The molecule has 2 heterocycles. The first kappa shape index (κ1) is 18.6. The van der Waals surface area contributed by atoms with E-state index in [-0.39, 0.29) is 17.7 Å². The molecule has 0 aliphatic carbocycles. The van der Waals surface area contributed by atoms with Gasteiger partial charge in [-0.25, -0.2) is 0 Å². The van der Waals surface area contributed by atoms with Crippen LogP contribution in [-0.2, 0) is 4.79 Å². The SMILES string of the molecule is CC[C@H](CNC(=O)[C@@H]1CCCN(C(=O)c2cccs2)C1)c1ccccc1. The second-order valence-corrected chi connectivity index (χ2v) is 7.78. The van der Waals surface area contributed by atoms with Gasteiger partial charge in [-0.15, -0.1) is 11.3 Å². The number of likely N-dealkylation sites (tertiary alicyclic amines) is 1. The molecule has 138 valence electrons. The van der Waals surface area contributed by atoms with Crippen molar-refractivity contribution in [1.29, 1.82) is 0 Å². The molecular weight excluding hydrogens is 344 g/mol. The molecule has 1 aromatic heterocycles. The Bertz CT molecular complexity index is 715. The predicted octanol–water partition coefficient (Wildman–Crippen LogP) is 3.91. The molecule has 3 rings (SSSR count). The Balaban J connectivity index is 1.55. The van der Waals surface area contributed by atoms with Gasteiger partial charge in [0.2, 0.25) is 5.91 Å². The predicted molar refractivity (Wildman–Crippen MR) is 105 cm³/mol. The van der Waals surface area contributed by atoms with Crippen LogP contribution in [0.25, 0.3) is 0 Å². The van der Waals surface area contributed by atoms with Crippen molar-refractivity contribution in [3.63, 3.8) is 0 Å². The number of hydrogen-bond donors (Lipinski definition) is 1. The quantitative estimate of drug-likeness (QED) is 0.838. The van der Waals surface area contributed by atoms with Crippen molar-refractivity contribution in [2.24, 2.45) is 5.92 Å². The van der Waals surface area contributed by atoms with Crippen LogP contribution in [0.2, 0.25) is 0 Å². The summed E-state index contributed by atoms with van der Waals surface area (Å²) >= 11 is 1.46. The Hall–Kier alpha value is -2.14. The van der Waals surface area contributed by atoms with E-state index in [9.17, 15) is 9.59 Å². The Kier molecular flexibility index (Phi) is 6.45. The van der Waals surface area contributed by atoms with Crippen molar-refractivity contribution >= 4 is 23.2 Å². The van der Waals surface area contributed by atoms with Crippen LogP contribution in [0.3, 0.4) is 0 Å². The smallest absolute Gasteiger partial charge is 0.263 e. The van der Waals surface area contributed by atoms with E-state index in [0.717, 1.165) is 30.7 Å². The maximum absolute atomic E-state index is 12.7. The van der Waals surface area contributed by atoms with Gasteiger partial charge in [0.05, 0.1) is 10.8 Å². The zero-order valence-corrected chi connectivity index (χ0v) is 16.0. The molecule has 2 amide bonds. The number of nitrogens with zero attached hydrogens (tertiary/aromatic N) is 1. The Labute approximate surface area is 159 Å². The monoisotopic (exact) mass is 370 g/mol. The number of carbonyl (C=O) groups excluding carboxylic acids is 2. The molecule has 26 heavy (non-hydrogen) atoms. The molecule has 1 aromatic carbocycles. The van der Waals surface area contributed by atoms with Crippen LogP contribution in [0.5, 0.6) is 0 Å². The maximum Gasteiger partial charge on any atom is 0.263 e. The highest BCUT2D eigenvalue weighted by molar-refractivity contribution is 7.12. The number of rotatable bonds is 6. The highest BCUT2D eigenvalue weighted by Crippen LogP contribution is 2.22. The molecule has 2 atom stereocenters. The third kappa shape index (κ3) is 4.52. The van der Waals surface area contributed by atoms with Crippen LogP contribution in [0.1, 0.15) is 47.3 Å². The Morgan fingerprint density at radius 1 is 1.23 bits per heavy atom. The average molecular weight is 371 g/mol. The fraction of sp³-hybridized carbons (Fsp3) is 0.429. The first-order chi connectivity index (χ1) is 12.7. The van der Waals surface area contributed by atoms with Crippen molar-refractivity contribution in [2.45, 2.75) is 32.1 Å². The molecule has 0 saturated carbocycles. The van der Waals surface area contributed by atoms with Gasteiger partial charge in [0.15, 0.2) is 0 Å². The van der Waals surface area contributed by atoms with Crippen molar-refractivity contribution in [1.82, 2.24) is 10.2 Å². The first-order valence-electron chi connectivity index (χ1n) is 9.34. The van der Waals surface area contributed by atoms with Crippen LogP contribution in [0.4, 0.5) is 0 Å². The summed E-state index contributed by atoms with van der Waals surface area (Å²) < 4.78 is 0. The summed E-state index contributed by atoms with van der Waals surface area (Å²) in [5.41, 5.74) is 1.26. The lowest BCUT2D eigenvalue weighted by Gasteiger charge is -2.32. The number of carbonyl (C=O) groups is 2. The fourth-order valence-corrected chi connectivity index (χ4v) is 4.21. The lowest BCUT2D eigenvalue weighted by atomic mass is 9.94. The van der Waals surface area contributed by atoms with Gasteiger partial charge < -0.3 is 10.2 Å². The average Bonchev–Trinajstić information content (AvgIpc) is 3.23. The van der Waals surface area contributed by atoms with Gasteiger partial charge >= 0.3 is 0 Å². The molecule has 1 aliphatic heterocycles. The van der Waals surface area contributed by atoms with Crippen LogP contribution >= 0.6 is 11.3 Å². The summed E-state index contributed by atoms with van der Waals surface area (Å²) in [6, 6.07) is 14.0. The lowest BCUT2D eigenvalue weighted by molar-refractivity contribution is -0.126. The van der Waals surface area contributed by atoms with Crippen molar-refractivity contribution in [3.8, 4) is 0 Å². The largest absolute Gasteiger partial charge is 0.355 e. The number of benzene rings is 1. The minimum absolute atomic E-state index is 0.0493. The molecule has 4 nitrogen and oxygen atoms in total.